The van der Waals surface area contributed by atoms with E-state index < -0.39 is 5.97 Å². The number of methoxy groups -OCH3 is 1. The van der Waals surface area contributed by atoms with E-state index in [2.05, 4.69) is 9.89 Å². The first kappa shape index (κ1) is 17.0. The molecule has 3 heterocycles. The molecule has 0 saturated heterocycles. The molecule has 0 radical (unpaired) electrons. The van der Waals surface area contributed by atoms with Crippen LogP contribution in [0, 0.1) is 6.92 Å². The standard InChI is InChI=1S/C17H16N2O5S/c1-10-12(17(21)22-3)7-11(23-10)9-19(2)16(20)13-8-14(24-18-13)15-5-4-6-25-15/h4-8H,9H2,1-3H3. The van der Waals surface area contributed by atoms with Crippen LogP contribution in [0.15, 0.2) is 38.6 Å². The second-order valence-electron chi connectivity index (χ2n) is 5.39. The molecule has 25 heavy (non-hydrogen) atoms. The highest BCUT2D eigenvalue weighted by Gasteiger charge is 2.21. The van der Waals surface area contributed by atoms with Crippen LogP contribution in [0.3, 0.4) is 0 Å². The summed E-state index contributed by atoms with van der Waals surface area (Å²) in [6.07, 6.45) is 0. The quantitative estimate of drug-likeness (QED) is 0.649. The summed E-state index contributed by atoms with van der Waals surface area (Å²) in [7, 11) is 2.93. The predicted molar refractivity (Wildman–Crippen MR) is 90.4 cm³/mol. The lowest BCUT2D eigenvalue weighted by molar-refractivity contribution is 0.0598. The van der Waals surface area contributed by atoms with Gasteiger partial charge in [-0.15, -0.1) is 11.3 Å². The van der Waals surface area contributed by atoms with Crippen molar-refractivity contribution < 1.29 is 23.3 Å². The first-order valence-corrected chi connectivity index (χ1v) is 8.31. The van der Waals surface area contributed by atoms with E-state index in [4.69, 9.17) is 8.94 Å². The Morgan fingerprint density at radius 2 is 2.16 bits per heavy atom. The fraction of sp³-hybridized carbons (Fsp3) is 0.235. The van der Waals surface area contributed by atoms with Crippen molar-refractivity contribution in [2.75, 3.05) is 14.2 Å². The number of nitrogens with zero attached hydrogens (tertiary/aromatic N) is 2. The molecular formula is C17H16N2O5S. The van der Waals surface area contributed by atoms with Crippen molar-refractivity contribution in [1.29, 1.82) is 0 Å². The Bertz CT molecular complexity index is 894. The molecule has 0 atom stereocenters. The molecule has 0 aromatic carbocycles. The molecule has 0 aliphatic heterocycles. The van der Waals surface area contributed by atoms with Gasteiger partial charge in [-0.25, -0.2) is 4.79 Å². The minimum absolute atomic E-state index is 0.192. The van der Waals surface area contributed by atoms with Crippen LogP contribution < -0.4 is 0 Å². The van der Waals surface area contributed by atoms with Crippen LogP contribution in [0.2, 0.25) is 0 Å². The van der Waals surface area contributed by atoms with E-state index in [1.807, 2.05) is 17.5 Å². The number of esters is 1. The van der Waals surface area contributed by atoms with Crippen LogP contribution in [0.25, 0.3) is 10.6 Å². The molecule has 0 aliphatic rings. The summed E-state index contributed by atoms with van der Waals surface area (Å²) in [6.45, 7) is 1.86. The van der Waals surface area contributed by atoms with Gasteiger partial charge in [0.15, 0.2) is 11.5 Å². The molecule has 0 fully saturated rings. The zero-order valence-electron chi connectivity index (χ0n) is 13.9. The highest BCUT2D eigenvalue weighted by molar-refractivity contribution is 7.13. The summed E-state index contributed by atoms with van der Waals surface area (Å²) in [6, 6.07) is 6.97. The maximum absolute atomic E-state index is 12.5. The number of hydrogen-bond acceptors (Lipinski definition) is 7. The van der Waals surface area contributed by atoms with Gasteiger partial charge in [0.1, 0.15) is 17.1 Å². The van der Waals surface area contributed by atoms with Gasteiger partial charge in [0.2, 0.25) is 0 Å². The van der Waals surface area contributed by atoms with Gasteiger partial charge in [0, 0.05) is 13.1 Å². The summed E-state index contributed by atoms with van der Waals surface area (Å²) in [5.41, 5.74) is 0.558. The molecule has 1 amide bonds. The van der Waals surface area contributed by atoms with E-state index in [9.17, 15) is 9.59 Å². The smallest absolute Gasteiger partial charge is 0.341 e. The Kier molecular flexibility index (Phi) is 4.71. The maximum Gasteiger partial charge on any atom is 0.341 e. The summed E-state index contributed by atoms with van der Waals surface area (Å²) < 4.78 is 15.4. The second kappa shape index (κ2) is 6.94. The Hall–Kier alpha value is -2.87. The van der Waals surface area contributed by atoms with E-state index in [1.54, 1.807) is 26.1 Å². The third kappa shape index (κ3) is 3.48. The van der Waals surface area contributed by atoms with Gasteiger partial charge < -0.3 is 18.6 Å². The summed E-state index contributed by atoms with van der Waals surface area (Å²) in [5, 5.41) is 5.76. The van der Waals surface area contributed by atoms with Gasteiger partial charge >= 0.3 is 5.97 Å². The highest BCUT2D eigenvalue weighted by Crippen LogP contribution is 2.25. The van der Waals surface area contributed by atoms with E-state index in [0.29, 0.717) is 22.8 Å². The average molecular weight is 360 g/mol. The first-order valence-electron chi connectivity index (χ1n) is 7.43. The fourth-order valence-corrected chi connectivity index (χ4v) is 3.02. The van der Waals surface area contributed by atoms with Crippen LogP contribution in [-0.2, 0) is 11.3 Å². The van der Waals surface area contributed by atoms with Crippen molar-refractivity contribution in [3.05, 3.63) is 52.4 Å². The fourth-order valence-electron chi connectivity index (χ4n) is 2.35. The lowest BCUT2D eigenvalue weighted by Gasteiger charge is -2.13. The predicted octanol–water partition coefficient (Wildman–Crippen LogP) is 3.36. The maximum atomic E-state index is 12.5. The molecule has 7 nitrogen and oxygen atoms in total. The summed E-state index contributed by atoms with van der Waals surface area (Å²) in [4.78, 5) is 26.4. The summed E-state index contributed by atoms with van der Waals surface area (Å²) in [5.74, 6) is 0.701. The van der Waals surface area contributed by atoms with Crippen LogP contribution in [0.5, 0.6) is 0 Å². The number of carbonyl (C=O) groups is 2. The number of aromatic nitrogens is 1. The molecule has 0 bridgehead atoms. The van der Waals surface area contributed by atoms with E-state index in [1.165, 1.54) is 23.3 Å². The minimum atomic E-state index is -0.474. The number of thiophene rings is 1. The SMILES string of the molecule is COC(=O)c1cc(CN(C)C(=O)c2cc(-c3cccs3)on2)oc1C. The third-order valence-corrected chi connectivity index (χ3v) is 4.49. The van der Waals surface area contributed by atoms with Crippen molar-refractivity contribution in [3.63, 3.8) is 0 Å². The van der Waals surface area contributed by atoms with Crippen LogP contribution >= 0.6 is 11.3 Å². The van der Waals surface area contributed by atoms with Gasteiger partial charge in [-0.05, 0) is 24.4 Å². The van der Waals surface area contributed by atoms with Crippen molar-refractivity contribution in [2.45, 2.75) is 13.5 Å². The number of carbonyl (C=O) groups excluding carboxylic acids is 2. The molecule has 3 aromatic rings. The molecule has 0 aliphatic carbocycles. The van der Waals surface area contributed by atoms with Gasteiger partial charge in [0.25, 0.3) is 5.91 Å². The topological polar surface area (TPSA) is 85.8 Å². The number of furan rings is 1. The Morgan fingerprint density at radius 1 is 1.36 bits per heavy atom. The molecule has 8 heteroatoms. The third-order valence-electron chi connectivity index (χ3n) is 3.61. The number of rotatable bonds is 5. The molecule has 0 spiro atoms. The van der Waals surface area contributed by atoms with E-state index in [0.717, 1.165) is 4.88 Å². The van der Waals surface area contributed by atoms with Crippen LogP contribution in [0.1, 0.15) is 32.4 Å². The molecule has 3 aromatic heterocycles. The Labute approximate surface area is 147 Å². The van der Waals surface area contributed by atoms with Gasteiger partial charge in [-0.1, -0.05) is 11.2 Å². The van der Waals surface area contributed by atoms with Crippen molar-refractivity contribution in [2.24, 2.45) is 0 Å². The van der Waals surface area contributed by atoms with Crippen LogP contribution in [-0.4, -0.2) is 36.1 Å². The summed E-state index contributed by atoms with van der Waals surface area (Å²) >= 11 is 1.50. The molecule has 0 unspecified atom stereocenters. The number of hydrogen-bond donors (Lipinski definition) is 0. The molecule has 130 valence electrons. The lowest BCUT2D eigenvalue weighted by Crippen LogP contribution is -2.26. The Morgan fingerprint density at radius 3 is 2.84 bits per heavy atom. The minimum Gasteiger partial charge on any atom is -0.465 e. The zero-order valence-corrected chi connectivity index (χ0v) is 14.8. The molecular weight excluding hydrogens is 344 g/mol. The number of aryl methyl sites for hydroxylation is 1. The average Bonchev–Trinajstić information content (AvgIpc) is 3.33. The van der Waals surface area contributed by atoms with Gasteiger partial charge in [0.05, 0.1) is 18.5 Å². The van der Waals surface area contributed by atoms with Crippen LogP contribution in [0.4, 0.5) is 0 Å². The van der Waals surface area contributed by atoms with Gasteiger partial charge in [-0.2, -0.15) is 0 Å². The lowest BCUT2D eigenvalue weighted by atomic mass is 10.2. The number of ether oxygens (including phenoxy) is 1. The zero-order chi connectivity index (χ0) is 18.0. The second-order valence-corrected chi connectivity index (χ2v) is 6.34. The highest BCUT2D eigenvalue weighted by atomic mass is 32.1. The normalized spacial score (nSPS) is 10.7. The monoisotopic (exact) mass is 360 g/mol. The van der Waals surface area contributed by atoms with Crippen molar-refractivity contribution >= 4 is 23.2 Å². The number of amides is 1. The first-order chi connectivity index (χ1) is 12.0. The van der Waals surface area contributed by atoms with Crippen molar-refractivity contribution in [1.82, 2.24) is 10.1 Å². The molecule has 0 N–H and O–H groups in total. The van der Waals surface area contributed by atoms with Gasteiger partial charge in [-0.3, -0.25) is 4.79 Å². The largest absolute Gasteiger partial charge is 0.465 e. The van der Waals surface area contributed by atoms with E-state index in [-0.39, 0.29) is 18.1 Å². The van der Waals surface area contributed by atoms with Crippen molar-refractivity contribution in [3.8, 4) is 10.6 Å². The molecule has 3 rings (SSSR count). The van der Waals surface area contributed by atoms with E-state index >= 15 is 0 Å². The molecule has 0 saturated carbocycles. The Balaban J connectivity index is 1.72.